The molecule has 2 amide bonds. The van der Waals surface area contributed by atoms with E-state index in [4.69, 9.17) is 0 Å². The third-order valence-corrected chi connectivity index (χ3v) is 6.61. The van der Waals surface area contributed by atoms with Crippen LogP contribution in [0, 0.1) is 5.92 Å². The molecule has 0 saturated carbocycles. The van der Waals surface area contributed by atoms with E-state index < -0.39 is 0 Å². The van der Waals surface area contributed by atoms with Crippen molar-refractivity contribution in [1.29, 1.82) is 0 Å². The number of thioether (sulfide) groups is 1. The summed E-state index contributed by atoms with van der Waals surface area (Å²) in [5.41, 5.74) is 0.800. The average Bonchev–Trinajstić information content (AvgIpc) is 2.96. The van der Waals surface area contributed by atoms with Gasteiger partial charge in [0.15, 0.2) is 0 Å². The Morgan fingerprint density at radius 2 is 1.56 bits per heavy atom. The van der Waals surface area contributed by atoms with Crippen molar-refractivity contribution < 1.29 is 9.59 Å². The third-order valence-electron chi connectivity index (χ3n) is 5.53. The van der Waals surface area contributed by atoms with Gasteiger partial charge < -0.3 is 9.80 Å². The van der Waals surface area contributed by atoms with Gasteiger partial charge >= 0.3 is 0 Å². The summed E-state index contributed by atoms with van der Waals surface area (Å²) in [6.07, 6.45) is 6.33. The maximum absolute atomic E-state index is 13.0. The molecular formula is C22H32N2O2S. The van der Waals surface area contributed by atoms with Gasteiger partial charge in [0, 0.05) is 42.2 Å². The molecule has 1 aromatic rings. The van der Waals surface area contributed by atoms with E-state index >= 15 is 0 Å². The summed E-state index contributed by atoms with van der Waals surface area (Å²) in [5.74, 6) is 0.520. The van der Waals surface area contributed by atoms with Gasteiger partial charge in [-0.2, -0.15) is 0 Å². The smallest absolute Gasteiger partial charge is 0.254 e. The number of carbonyl (C=O) groups is 2. The van der Waals surface area contributed by atoms with Crippen LogP contribution < -0.4 is 0 Å². The minimum atomic E-state index is 0.0902. The second-order valence-corrected chi connectivity index (χ2v) is 9.59. The molecule has 0 aliphatic carbocycles. The van der Waals surface area contributed by atoms with E-state index in [2.05, 4.69) is 18.7 Å². The monoisotopic (exact) mass is 388 g/mol. The van der Waals surface area contributed by atoms with Crippen LogP contribution in [0.3, 0.4) is 0 Å². The number of rotatable bonds is 4. The summed E-state index contributed by atoms with van der Waals surface area (Å²) in [4.78, 5) is 31.0. The Morgan fingerprint density at radius 3 is 2.19 bits per heavy atom. The van der Waals surface area contributed by atoms with Gasteiger partial charge in [-0.1, -0.05) is 38.8 Å². The Kier molecular flexibility index (Phi) is 7.22. The van der Waals surface area contributed by atoms with Crippen molar-refractivity contribution in [2.75, 3.05) is 26.2 Å². The van der Waals surface area contributed by atoms with E-state index in [0.29, 0.717) is 24.2 Å². The maximum atomic E-state index is 13.0. The first-order valence-electron chi connectivity index (χ1n) is 10.4. The van der Waals surface area contributed by atoms with Crippen LogP contribution in [0.15, 0.2) is 29.2 Å². The molecule has 0 N–H and O–H groups in total. The molecule has 2 saturated heterocycles. The Labute approximate surface area is 167 Å². The zero-order valence-electron chi connectivity index (χ0n) is 16.7. The van der Waals surface area contributed by atoms with E-state index in [9.17, 15) is 9.59 Å². The molecule has 2 fully saturated rings. The summed E-state index contributed by atoms with van der Waals surface area (Å²) >= 11 is 1.74. The quantitative estimate of drug-likeness (QED) is 0.716. The van der Waals surface area contributed by atoms with Crippen molar-refractivity contribution in [3.05, 3.63) is 29.8 Å². The number of nitrogens with zero attached hydrogens (tertiary/aromatic N) is 2. The van der Waals surface area contributed by atoms with E-state index in [1.165, 1.54) is 12.8 Å². The van der Waals surface area contributed by atoms with E-state index in [1.54, 1.807) is 11.8 Å². The van der Waals surface area contributed by atoms with E-state index in [0.717, 1.165) is 49.2 Å². The van der Waals surface area contributed by atoms with Crippen molar-refractivity contribution in [2.24, 2.45) is 5.92 Å². The molecule has 27 heavy (non-hydrogen) atoms. The molecule has 4 nitrogen and oxygen atoms in total. The summed E-state index contributed by atoms with van der Waals surface area (Å²) in [7, 11) is 0. The van der Waals surface area contributed by atoms with Crippen LogP contribution in [0.2, 0.25) is 0 Å². The predicted molar refractivity (Wildman–Crippen MR) is 111 cm³/mol. The Hall–Kier alpha value is -1.49. The van der Waals surface area contributed by atoms with Crippen LogP contribution in [0.25, 0.3) is 0 Å². The molecule has 2 aliphatic heterocycles. The number of benzene rings is 1. The summed E-state index contributed by atoms with van der Waals surface area (Å²) in [6, 6.07) is 7.90. The normalized spacial score (nSPS) is 19.2. The fourth-order valence-corrected chi connectivity index (χ4v) is 5.00. The summed E-state index contributed by atoms with van der Waals surface area (Å²) in [5, 5.41) is 0.441. The first kappa shape index (κ1) is 20.2. The van der Waals surface area contributed by atoms with Gasteiger partial charge in [-0.15, -0.1) is 11.8 Å². The first-order valence-corrected chi connectivity index (χ1v) is 11.3. The molecule has 0 aromatic heterocycles. The second kappa shape index (κ2) is 9.63. The molecule has 5 heteroatoms. The number of amides is 2. The SMILES string of the molecule is CC(C)Sc1ccccc1C(=O)N1CCC(C(=O)N2CCCCCC2)CC1. The molecular weight excluding hydrogens is 356 g/mol. The van der Waals surface area contributed by atoms with Crippen LogP contribution in [-0.4, -0.2) is 53.0 Å². The molecule has 0 spiro atoms. The lowest BCUT2D eigenvalue weighted by molar-refractivity contribution is -0.136. The Bertz CT molecular complexity index is 645. The van der Waals surface area contributed by atoms with Crippen molar-refractivity contribution in [3.8, 4) is 0 Å². The average molecular weight is 389 g/mol. The zero-order chi connectivity index (χ0) is 19.2. The van der Waals surface area contributed by atoms with Gasteiger partial charge in [-0.3, -0.25) is 9.59 Å². The molecule has 0 unspecified atom stereocenters. The summed E-state index contributed by atoms with van der Waals surface area (Å²) < 4.78 is 0. The van der Waals surface area contributed by atoms with Crippen molar-refractivity contribution in [1.82, 2.24) is 9.80 Å². The molecule has 0 bridgehead atoms. The second-order valence-electron chi connectivity index (χ2n) is 7.97. The molecule has 0 radical (unpaired) electrons. The van der Waals surface area contributed by atoms with E-state index in [-0.39, 0.29) is 11.8 Å². The minimum absolute atomic E-state index is 0.0902. The van der Waals surface area contributed by atoms with Gasteiger partial charge in [0.2, 0.25) is 5.91 Å². The molecule has 3 rings (SSSR count). The van der Waals surface area contributed by atoms with Crippen LogP contribution >= 0.6 is 11.8 Å². The number of hydrogen-bond donors (Lipinski definition) is 0. The van der Waals surface area contributed by atoms with Crippen LogP contribution in [0.4, 0.5) is 0 Å². The highest BCUT2D eigenvalue weighted by molar-refractivity contribution is 8.00. The minimum Gasteiger partial charge on any atom is -0.342 e. The number of carbonyl (C=O) groups excluding carboxylic acids is 2. The fraction of sp³-hybridized carbons (Fsp3) is 0.636. The van der Waals surface area contributed by atoms with Crippen molar-refractivity contribution in [2.45, 2.75) is 62.5 Å². The lowest BCUT2D eigenvalue weighted by Crippen LogP contribution is -2.44. The Balaban J connectivity index is 1.59. The number of likely N-dealkylation sites (tertiary alicyclic amines) is 2. The van der Waals surface area contributed by atoms with Gasteiger partial charge in [0.05, 0.1) is 5.56 Å². The molecule has 1 aromatic carbocycles. The summed E-state index contributed by atoms with van der Waals surface area (Å²) in [6.45, 7) is 7.49. The molecule has 148 valence electrons. The molecule has 2 aliphatic rings. The maximum Gasteiger partial charge on any atom is 0.254 e. The third kappa shape index (κ3) is 5.28. The van der Waals surface area contributed by atoms with Crippen LogP contribution in [-0.2, 0) is 4.79 Å². The van der Waals surface area contributed by atoms with E-state index in [1.807, 2.05) is 29.2 Å². The zero-order valence-corrected chi connectivity index (χ0v) is 17.5. The topological polar surface area (TPSA) is 40.6 Å². The first-order chi connectivity index (χ1) is 13.1. The molecule has 2 heterocycles. The van der Waals surface area contributed by atoms with Gasteiger partial charge in [0.1, 0.15) is 0 Å². The highest BCUT2D eigenvalue weighted by atomic mass is 32.2. The van der Waals surface area contributed by atoms with Gasteiger partial charge in [0.25, 0.3) is 5.91 Å². The van der Waals surface area contributed by atoms with Gasteiger partial charge in [-0.25, -0.2) is 0 Å². The lowest BCUT2D eigenvalue weighted by atomic mass is 9.94. The largest absolute Gasteiger partial charge is 0.342 e. The highest BCUT2D eigenvalue weighted by Crippen LogP contribution is 2.29. The Morgan fingerprint density at radius 1 is 0.926 bits per heavy atom. The fourth-order valence-electron chi connectivity index (χ4n) is 4.05. The standard InChI is InChI=1S/C22H32N2O2S/c1-17(2)27-20-10-6-5-9-19(20)22(26)24-15-11-18(12-16-24)21(25)23-13-7-3-4-8-14-23/h5-6,9-10,17-18H,3-4,7-8,11-16H2,1-2H3. The van der Waals surface area contributed by atoms with Crippen molar-refractivity contribution >= 4 is 23.6 Å². The van der Waals surface area contributed by atoms with Crippen LogP contribution in [0.5, 0.6) is 0 Å². The van der Waals surface area contributed by atoms with Crippen LogP contribution in [0.1, 0.15) is 62.7 Å². The predicted octanol–water partition coefficient (Wildman–Crippen LogP) is 4.44. The van der Waals surface area contributed by atoms with Crippen molar-refractivity contribution in [3.63, 3.8) is 0 Å². The number of hydrogen-bond acceptors (Lipinski definition) is 3. The highest BCUT2D eigenvalue weighted by Gasteiger charge is 2.31. The number of piperidine rings is 1. The van der Waals surface area contributed by atoms with Gasteiger partial charge in [-0.05, 0) is 37.8 Å². The lowest BCUT2D eigenvalue weighted by Gasteiger charge is -2.34. The molecule has 0 atom stereocenters.